The summed E-state index contributed by atoms with van der Waals surface area (Å²) in [7, 11) is 1.88. The number of rotatable bonds is 6. The highest BCUT2D eigenvalue weighted by molar-refractivity contribution is 5.80. The Morgan fingerprint density at radius 3 is 2.38 bits per heavy atom. The van der Waals surface area contributed by atoms with E-state index in [9.17, 15) is 0 Å². The van der Waals surface area contributed by atoms with Gasteiger partial charge >= 0.3 is 0 Å². The van der Waals surface area contributed by atoms with Gasteiger partial charge < -0.3 is 19.2 Å². The quantitative estimate of drug-likeness (QED) is 0.537. The number of nitrogens with one attached hydrogen (secondary N) is 1. The fraction of sp³-hybridized carbons (Fsp3) is 0.696. The first-order valence-corrected chi connectivity index (χ1v) is 11.8. The van der Waals surface area contributed by atoms with Gasteiger partial charge in [-0.25, -0.2) is 4.98 Å². The molecule has 2 aliphatic heterocycles. The molecule has 0 amide bonds. The number of piperazine rings is 1. The third kappa shape index (κ3) is 5.89. The standard InChI is InChI=1S/C23H37N7O2/c1-17-13-21(27-32-17)15-29-9-11-30(12-10-29)23(24-4)25-14-20-5-7-28(8-6-20)16-22-26-18(2)19(3)31-22/h13,20H,5-12,14-16H2,1-4H3,(H,24,25). The zero-order valence-electron chi connectivity index (χ0n) is 19.9. The lowest BCUT2D eigenvalue weighted by Gasteiger charge is -2.37. The summed E-state index contributed by atoms with van der Waals surface area (Å²) in [6.45, 7) is 14.7. The van der Waals surface area contributed by atoms with Gasteiger partial charge in [-0.1, -0.05) is 5.16 Å². The van der Waals surface area contributed by atoms with Crippen LogP contribution in [0.25, 0.3) is 0 Å². The van der Waals surface area contributed by atoms with Gasteiger partial charge in [-0.15, -0.1) is 0 Å². The molecular formula is C23H37N7O2. The van der Waals surface area contributed by atoms with Crippen molar-refractivity contribution in [1.82, 2.24) is 30.2 Å². The van der Waals surface area contributed by atoms with Gasteiger partial charge in [0.2, 0.25) is 5.89 Å². The van der Waals surface area contributed by atoms with E-state index >= 15 is 0 Å². The van der Waals surface area contributed by atoms with E-state index in [0.29, 0.717) is 5.92 Å². The Morgan fingerprint density at radius 1 is 1.06 bits per heavy atom. The number of likely N-dealkylation sites (tertiary alicyclic amines) is 1. The Bertz CT molecular complexity index is 871. The average Bonchev–Trinajstić information content (AvgIpc) is 3.34. The molecule has 2 aliphatic rings. The lowest BCUT2D eigenvalue weighted by Crippen LogP contribution is -2.53. The number of hydrogen-bond acceptors (Lipinski definition) is 7. The van der Waals surface area contributed by atoms with Gasteiger partial charge in [-0.2, -0.15) is 0 Å². The van der Waals surface area contributed by atoms with E-state index in [2.05, 4.69) is 35.1 Å². The number of aliphatic imine (C=N–C) groups is 1. The van der Waals surface area contributed by atoms with Crippen LogP contribution in [0.2, 0.25) is 0 Å². The maximum atomic E-state index is 5.75. The first-order valence-electron chi connectivity index (χ1n) is 11.8. The van der Waals surface area contributed by atoms with Gasteiger partial charge in [-0.3, -0.25) is 14.8 Å². The van der Waals surface area contributed by atoms with Crippen LogP contribution in [0.4, 0.5) is 0 Å². The fourth-order valence-corrected chi connectivity index (χ4v) is 4.55. The molecule has 0 aromatic carbocycles. The number of piperidine rings is 1. The Kier molecular flexibility index (Phi) is 7.47. The van der Waals surface area contributed by atoms with Crippen molar-refractivity contribution in [2.24, 2.45) is 10.9 Å². The molecule has 9 nitrogen and oxygen atoms in total. The van der Waals surface area contributed by atoms with Crippen molar-refractivity contribution >= 4 is 5.96 Å². The van der Waals surface area contributed by atoms with Gasteiger partial charge in [0.1, 0.15) is 11.5 Å². The highest BCUT2D eigenvalue weighted by Crippen LogP contribution is 2.19. The molecule has 2 saturated heterocycles. The van der Waals surface area contributed by atoms with Crippen molar-refractivity contribution in [3.05, 3.63) is 34.9 Å². The second kappa shape index (κ2) is 10.5. The third-order valence-electron chi connectivity index (χ3n) is 6.63. The van der Waals surface area contributed by atoms with Crippen LogP contribution < -0.4 is 5.32 Å². The van der Waals surface area contributed by atoms with E-state index in [1.54, 1.807) is 0 Å². The molecule has 9 heteroatoms. The van der Waals surface area contributed by atoms with Gasteiger partial charge in [0.25, 0.3) is 0 Å². The monoisotopic (exact) mass is 443 g/mol. The number of hydrogen-bond donors (Lipinski definition) is 1. The molecule has 0 saturated carbocycles. The predicted molar refractivity (Wildman–Crippen MR) is 123 cm³/mol. The second-order valence-corrected chi connectivity index (χ2v) is 9.09. The highest BCUT2D eigenvalue weighted by atomic mass is 16.5. The summed E-state index contributed by atoms with van der Waals surface area (Å²) in [5, 5.41) is 7.75. The van der Waals surface area contributed by atoms with Crippen LogP contribution in [0, 0.1) is 26.7 Å². The van der Waals surface area contributed by atoms with Crippen molar-refractivity contribution in [2.45, 2.75) is 46.7 Å². The summed E-state index contributed by atoms with van der Waals surface area (Å²) in [4.78, 5) is 16.3. The summed E-state index contributed by atoms with van der Waals surface area (Å²) < 4.78 is 10.9. The average molecular weight is 444 g/mol. The largest absolute Gasteiger partial charge is 0.444 e. The van der Waals surface area contributed by atoms with Crippen LogP contribution >= 0.6 is 0 Å². The van der Waals surface area contributed by atoms with Crippen molar-refractivity contribution in [3.8, 4) is 0 Å². The fourth-order valence-electron chi connectivity index (χ4n) is 4.55. The minimum absolute atomic E-state index is 0.674. The van der Waals surface area contributed by atoms with E-state index in [1.807, 2.05) is 33.9 Å². The van der Waals surface area contributed by atoms with Crippen LogP contribution in [0.3, 0.4) is 0 Å². The summed E-state index contributed by atoms with van der Waals surface area (Å²) in [6, 6.07) is 2.02. The van der Waals surface area contributed by atoms with E-state index in [1.165, 1.54) is 12.8 Å². The number of oxazole rings is 1. The van der Waals surface area contributed by atoms with Crippen molar-refractivity contribution < 1.29 is 8.94 Å². The molecule has 0 unspecified atom stereocenters. The second-order valence-electron chi connectivity index (χ2n) is 9.09. The predicted octanol–water partition coefficient (Wildman–Crippen LogP) is 2.19. The number of guanidine groups is 1. The van der Waals surface area contributed by atoms with E-state index < -0.39 is 0 Å². The molecular weight excluding hydrogens is 406 g/mol. The summed E-state index contributed by atoms with van der Waals surface area (Å²) in [5.74, 6) is 4.34. The molecule has 0 atom stereocenters. The Hall–Kier alpha value is -2.39. The number of aromatic nitrogens is 2. The van der Waals surface area contributed by atoms with Crippen LogP contribution in [0.15, 0.2) is 20.0 Å². The smallest absolute Gasteiger partial charge is 0.208 e. The Labute approximate surface area is 190 Å². The van der Waals surface area contributed by atoms with Crippen LogP contribution in [0.1, 0.15) is 41.6 Å². The minimum Gasteiger partial charge on any atom is -0.444 e. The topological polar surface area (TPSA) is 86.2 Å². The third-order valence-corrected chi connectivity index (χ3v) is 6.63. The summed E-state index contributed by atoms with van der Waals surface area (Å²) in [6.07, 6.45) is 2.38. The van der Waals surface area contributed by atoms with Gasteiger partial charge in [-0.05, 0) is 52.6 Å². The molecule has 2 fully saturated rings. The van der Waals surface area contributed by atoms with Gasteiger partial charge in [0.15, 0.2) is 5.96 Å². The maximum Gasteiger partial charge on any atom is 0.208 e. The van der Waals surface area contributed by atoms with Crippen molar-refractivity contribution in [3.63, 3.8) is 0 Å². The molecule has 0 aliphatic carbocycles. The molecule has 0 bridgehead atoms. The zero-order chi connectivity index (χ0) is 22.5. The molecule has 4 heterocycles. The van der Waals surface area contributed by atoms with Crippen molar-refractivity contribution in [1.29, 1.82) is 0 Å². The molecule has 0 spiro atoms. The SMILES string of the molecule is CN=C(NCC1CCN(Cc2nc(C)c(C)o2)CC1)N1CCN(Cc2cc(C)on2)CC1. The lowest BCUT2D eigenvalue weighted by molar-refractivity contribution is 0.159. The minimum atomic E-state index is 0.674. The van der Waals surface area contributed by atoms with Gasteiger partial charge in [0.05, 0.1) is 17.9 Å². The molecule has 4 rings (SSSR count). The zero-order valence-corrected chi connectivity index (χ0v) is 19.9. The maximum absolute atomic E-state index is 5.75. The molecule has 1 N–H and O–H groups in total. The summed E-state index contributed by atoms with van der Waals surface area (Å²) >= 11 is 0. The first-order chi connectivity index (χ1) is 15.5. The number of aryl methyl sites for hydroxylation is 3. The van der Waals surface area contributed by atoms with Crippen LogP contribution in [-0.2, 0) is 13.1 Å². The Balaban J connectivity index is 1.16. The van der Waals surface area contributed by atoms with Crippen LogP contribution in [-0.4, -0.2) is 83.7 Å². The normalized spacial score (nSPS) is 19.6. The van der Waals surface area contributed by atoms with Crippen LogP contribution in [0.5, 0.6) is 0 Å². The van der Waals surface area contributed by atoms with E-state index in [-0.39, 0.29) is 0 Å². The lowest BCUT2D eigenvalue weighted by atomic mass is 9.97. The first kappa shape index (κ1) is 22.8. The van der Waals surface area contributed by atoms with Gasteiger partial charge in [0, 0.05) is 52.4 Å². The molecule has 2 aromatic rings. The van der Waals surface area contributed by atoms with E-state index in [4.69, 9.17) is 8.94 Å². The molecule has 176 valence electrons. The van der Waals surface area contributed by atoms with E-state index in [0.717, 1.165) is 93.7 Å². The summed E-state index contributed by atoms with van der Waals surface area (Å²) in [5.41, 5.74) is 2.01. The number of nitrogens with zero attached hydrogens (tertiary/aromatic N) is 6. The molecule has 2 aromatic heterocycles. The van der Waals surface area contributed by atoms with Crippen molar-refractivity contribution in [2.75, 3.05) is 52.9 Å². The molecule has 32 heavy (non-hydrogen) atoms. The Morgan fingerprint density at radius 2 is 1.78 bits per heavy atom. The molecule has 0 radical (unpaired) electrons. The highest BCUT2D eigenvalue weighted by Gasteiger charge is 2.24.